The maximum Gasteiger partial charge on any atom is 0.233 e. The van der Waals surface area contributed by atoms with Crippen molar-refractivity contribution in [1.82, 2.24) is 15.1 Å². The summed E-state index contributed by atoms with van der Waals surface area (Å²) >= 11 is 0. The molecule has 1 aromatic rings. The number of hydrogen-bond acceptors (Lipinski definition) is 5. The number of nitrogens with one attached hydrogen (secondary N) is 1. The molecule has 1 N–H and O–H groups in total. The Bertz CT molecular complexity index is 687. The lowest BCUT2D eigenvalue weighted by atomic mass is 9.81. The lowest BCUT2D eigenvalue weighted by Crippen LogP contribution is -2.39. The molecular weight excluding hydrogens is 358 g/mol. The van der Waals surface area contributed by atoms with E-state index in [1.165, 1.54) is 4.90 Å². The molecule has 3 atom stereocenters. The van der Waals surface area contributed by atoms with Crippen LogP contribution in [0.25, 0.3) is 0 Å². The van der Waals surface area contributed by atoms with Gasteiger partial charge in [-0.15, -0.1) is 0 Å². The van der Waals surface area contributed by atoms with E-state index >= 15 is 0 Å². The summed E-state index contributed by atoms with van der Waals surface area (Å²) in [6, 6.07) is 3.84. The van der Waals surface area contributed by atoms with Crippen molar-refractivity contribution < 1.29 is 18.8 Å². The van der Waals surface area contributed by atoms with Crippen molar-refractivity contribution in [3.8, 4) is 0 Å². The zero-order chi connectivity index (χ0) is 19.5. The minimum Gasteiger partial charge on any atom is -0.468 e. The van der Waals surface area contributed by atoms with Gasteiger partial charge in [0.05, 0.1) is 24.1 Å². The van der Waals surface area contributed by atoms with E-state index in [1.807, 2.05) is 12.1 Å². The maximum atomic E-state index is 12.5. The number of carbonyl (C=O) groups is 3. The van der Waals surface area contributed by atoms with Gasteiger partial charge in [0.15, 0.2) is 0 Å². The Morgan fingerprint density at radius 1 is 1.11 bits per heavy atom. The first-order chi connectivity index (χ1) is 13.6. The van der Waals surface area contributed by atoms with Crippen LogP contribution in [0.15, 0.2) is 22.8 Å². The number of nitrogens with zero attached hydrogens (tertiary/aromatic N) is 2. The highest BCUT2D eigenvalue weighted by molar-refractivity contribution is 6.05. The fraction of sp³-hybridized carbons (Fsp3) is 0.667. The number of fused-ring (bicyclic) bond motifs is 1. The van der Waals surface area contributed by atoms with Gasteiger partial charge in [-0.1, -0.05) is 12.8 Å². The second-order valence-corrected chi connectivity index (χ2v) is 8.15. The molecule has 3 aliphatic rings. The van der Waals surface area contributed by atoms with E-state index < -0.39 is 0 Å². The molecule has 2 aliphatic heterocycles. The van der Waals surface area contributed by atoms with E-state index in [4.69, 9.17) is 4.42 Å². The Balaban J connectivity index is 1.29. The van der Waals surface area contributed by atoms with Gasteiger partial charge >= 0.3 is 0 Å². The van der Waals surface area contributed by atoms with E-state index in [0.717, 1.165) is 57.4 Å². The third-order valence-corrected chi connectivity index (χ3v) is 6.44. The highest BCUT2D eigenvalue weighted by Crippen LogP contribution is 2.38. The zero-order valence-electron chi connectivity index (χ0n) is 16.3. The number of imide groups is 1. The number of rotatable bonds is 7. The van der Waals surface area contributed by atoms with Crippen molar-refractivity contribution in [2.45, 2.75) is 51.0 Å². The molecular formula is C21H29N3O4. The van der Waals surface area contributed by atoms with Gasteiger partial charge in [-0.2, -0.15) is 0 Å². The summed E-state index contributed by atoms with van der Waals surface area (Å²) in [5.41, 5.74) is 0. The monoisotopic (exact) mass is 387 g/mol. The second kappa shape index (κ2) is 8.47. The van der Waals surface area contributed by atoms with Gasteiger partial charge in [-0.05, 0) is 50.9 Å². The minimum atomic E-state index is -0.150. The zero-order valence-corrected chi connectivity index (χ0v) is 16.3. The fourth-order valence-electron chi connectivity index (χ4n) is 4.91. The highest BCUT2D eigenvalue weighted by atomic mass is 16.3. The molecule has 0 spiro atoms. The van der Waals surface area contributed by atoms with Crippen LogP contribution in [-0.4, -0.2) is 53.7 Å². The van der Waals surface area contributed by atoms with Gasteiger partial charge in [-0.25, -0.2) is 0 Å². The van der Waals surface area contributed by atoms with Crippen LogP contribution in [0.1, 0.15) is 56.7 Å². The van der Waals surface area contributed by atoms with Crippen LogP contribution < -0.4 is 5.32 Å². The van der Waals surface area contributed by atoms with Crippen LogP contribution in [0, 0.1) is 11.8 Å². The molecule has 7 nitrogen and oxygen atoms in total. The lowest BCUT2D eigenvalue weighted by Gasteiger charge is -2.26. The summed E-state index contributed by atoms with van der Waals surface area (Å²) in [6.45, 7) is 2.66. The number of carbonyl (C=O) groups excluding carboxylic acids is 3. The second-order valence-electron chi connectivity index (χ2n) is 8.15. The topological polar surface area (TPSA) is 82.9 Å². The van der Waals surface area contributed by atoms with Gasteiger partial charge in [0.25, 0.3) is 0 Å². The van der Waals surface area contributed by atoms with Crippen LogP contribution in [0.3, 0.4) is 0 Å². The van der Waals surface area contributed by atoms with Gasteiger partial charge in [0.1, 0.15) is 5.76 Å². The molecule has 1 aromatic heterocycles. The summed E-state index contributed by atoms with van der Waals surface area (Å²) in [7, 11) is 0. The largest absolute Gasteiger partial charge is 0.468 e. The van der Waals surface area contributed by atoms with E-state index in [9.17, 15) is 14.4 Å². The first-order valence-corrected chi connectivity index (χ1v) is 10.5. The van der Waals surface area contributed by atoms with Gasteiger partial charge in [-0.3, -0.25) is 24.2 Å². The van der Waals surface area contributed by atoms with Gasteiger partial charge in [0.2, 0.25) is 17.7 Å². The predicted molar refractivity (Wildman–Crippen MR) is 102 cm³/mol. The van der Waals surface area contributed by atoms with E-state index in [1.54, 1.807) is 6.26 Å². The average Bonchev–Trinajstić information content (AvgIpc) is 3.45. The Hall–Kier alpha value is -2.15. The molecule has 0 radical (unpaired) electrons. The predicted octanol–water partition coefficient (Wildman–Crippen LogP) is 2.10. The number of amides is 3. The normalized spacial score (nSPS) is 26.5. The molecule has 3 fully saturated rings. The van der Waals surface area contributed by atoms with Gasteiger partial charge in [0, 0.05) is 19.5 Å². The molecule has 3 amide bonds. The number of furan rings is 1. The van der Waals surface area contributed by atoms with Crippen molar-refractivity contribution >= 4 is 17.7 Å². The van der Waals surface area contributed by atoms with Crippen LogP contribution in [-0.2, 0) is 14.4 Å². The van der Waals surface area contributed by atoms with E-state index in [2.05, 4.69) is 10.2 Å². The summed E-state index contributed by atoms with van der Waals surface area (Å²) in [4.78, 5) is 41.1. The Morgan fingerprint density at radius 3 is 2.39 bits per heavy atom. The smallest absolute Gasteiger partial charge is 0.233 e. The Morgan fingerprint density at radius 2 is 1.79 bits per heavy atom. The molecule has 0 aromatic carbocycles. The molecule has 0 bridgehead atoms. The standard InChI is InChI=1S/C21H29N3O4/c25-19(9-12-24-20(26)15-6-1-2-7-16(15)21(24)27)22-14-17(18-8-5-13-28-18)23-10-3-4-11-23/h5,8,13,15-17H,1-4,6-7,9-12,14H2,(H,22,25)/t15-,16-,17-/m1/s1. The Labute approximate surface area is 165 Å². The number of hydrogen-bond donors (Lipinski definition) is 1. The quantitative estimate of drug-likeness (QED) is 0.725. The average molecular weight is 387 g/mol. The molecule has 0 unspecified atom stereocenters. The van der Waals surface area contributed by atoms with Crippen LogP contribution >= 0.6 is 0 Å². The number of likely N-dealkylation sites (tertiary alicyclic amines) is 2. The molecule has 3 heterocycles. The molecule has 7 heteroatoms. The third kappa shape index (κ3) is 3.85. The van der Waals surface area contributed by atoms with Crippen molar-refractivity contribution in [2.24, 2.45) is 11.8 Å². The first-order valence-electron chi connectivity index (χ1n) is 10.5. The van der Waals surface area contributed by atoms with Crippen LogP contribution in [0.5, 0.6) is 0 Å². The Kier molecular flexibility index (Phi) is 5.80. The highest BCUT2D eigenvalue weighted by Gasteiger charge is 2.47. The van der Waals surface area contributed by atoms with E-state index in [-0.39, 0.29) is 48.6 Å². The van der Waals surface area contributed by atoms with Gasteiger partial charge < -0.3 is 9.73 Å². The van der Waals surface area contributed by atoms with Crippen LogP contribution in [0.2, 0.25) is 0 Å². The molecule has 28 heavy (non-hydrogen) atoms. The fourth-order valence-corrected chi connectivity index (χ4v) is 4.91. The van der Waals surface area contributed by atoms with Crippen molar-refractivity contribution in [3.05, 3.63) is 24.2 Å². The first kappa shape index (κ1) is 19.2. The summed E-state index contributed by atoms with van der Waals surface area (Å²) in [5, 5.41) is 2.97. The van der Waals surface area contributed by atoms with Crippen molar-refractivity contribution in [3.63, 3.8) is 0 Å². The molecule has 2 saturated heterocycles. The molecule has 1 aliphatic carbocycles. The maximum absolute atomic E-state index is 12.5. The van der Waals surface area contributed by atoms with E-state index in [0.29, 0.717) is 6.54 Å². The SMILES string of the molecule is O=C(CCN1C(=O)[C@@H]2CCCC[C@H]2C1=O)NC[C@H](c1ccco1)N1CCCC1. The summed E-state index contributed by atoms with van der Waals surface area (Å²) in [6.07, 6.45) is 7.76. The molecule has 152 valence electrons. The lowest BCUT2D eigenvalue weighted by molar-refractivity contribution is -0.140. The molecule has 1 saturated carbocycles. The summed E-state index contributed by atoms with van der Waals surface area (Å²) < 4.78 is 5.57. The summed E-state index contributed by atoms with van der Waals surface area (Å²) in [5.74, 6) is 0.272. The third-order valence-electron chi connectivity index (χ3n) is 6.44. The molecule has 4 rings (SSSR count). The minimum absolute atomic E-state index is 0.0272. The van der Waals surface area contributed by atoms with Crippen LogP contribution in [0.4, 0.5) is 0 Å². The van der Waals surface area contributed by atoms with Crippen molar-refractivity contribution in [1.29, 1.82) is 0 Å². The van der Waals surface area contributed by atoms with Crippen molar-refractivity contribution in [2.75, 3.05) is 26.2 Å².